The number of carbonyl (C=O) groups is 1. The topological polar surface area (TPSA) is 75.6 Å². The number of rotatable bonds is 7. The van der Waals surface area contributed by atoms with Crippen molar-refractivity contribution in [1.82, 2.24) is 0 Å². The van der Waals surface area contributed by atoms with Crippen molar-refractivity contribution in [2.24, 2.45) is 4.99 Å². The van der Waals surface area contributed by atoms with Crippen molar-refractivity contribution in [3.8, 4) is 23.0 Å². The summed E-state index contributed by atoms with van der Waals surface area (Å²) in [6.07, 6.45) is 1.97. The summed E-state index contributed by atoms with van der Waals surface area (Å²) in [4.78, 5) is 16.7. The number of cyclic esters (lactones) is 1. The summed E-state index contributed by atoms with van der Waals surface area (Å²) in [6, 6.07) is 9.14. The van der Waals surface area contributed by atoms with Crippen LogP contribution in [0, 0.1) is 6.92 Å². The third-order valence-electron chi connectivity index (χ3n) is 4.51. The van der Waals surface area contributed by atoms with Gasteiger partial charge in [0.2, 0.25) is 5.90 Å². The van der Waals surface area contributed by atoms with E-state index >= 15 is 0 Å². The minimum atomic E-state index is -0.512. The molecular formula is C22H23NO6. The van der Waals surface area contributed by atoms with Crippen molar-refractivity contribution in [1.29, 1.82) is 0 Å². The summed E-state index contributed by atoms with van der Waals surface area (Å²) >= 11 is 0. The molecule has 0 spiro atoms. The second-order valence-corrected chi connectivity index (χ2v) is 6.35. The van der Waals surface area contributed by atoms with Crippen LogP contribution in [0.2, 0.25) is 0 Å². The van der Waals surface area contributed by atoms with Crippen LogP contribution in [-0.2, 0) is 16.0 Å². The van der Waals surface area contributed by atoms with Gasteiger partial charge in [0, 0.05) is 12.0 Å². The van der Waals surface area contributed by atoms with E-state index in [1.807, 2.05) is 25.1 Å². The third kappa shape index (κ3) is 4.34. The molecule has 2 aromatic rings. The monoisotopic (exact) mass is 397 g/mol. The average Bonchev–Trinajstić information content (AvgIpc) is 3.07. The lowest BCUT2D eigenvalue weighted by molar-refractivity contribution is -0.130. The Labute approximate surface area is 169 Å². The number of aliphatic imine (C=N–C) groups is 1. The molecule has 0 unspecified atom stereocenters. The molecular weight excluding hydrogens is 374 g/mol. The Bertz CT molecular complexity index is 993. The Hall–Kier alpha value is -3.48. The Morgan fingerprint density at radius 3 is 2.24 bits per heavy atom. The quantitative estimate of drug-likeness (QED) is 0.525. The minimum Gasteiger partial charge on any atom is -0.496 e. The van der Waals surface area contributed by atoms with Gasteiger partial charge in [-0.3, -0.25) is 0 Å². The fourth-order valence-electron chi connectivity index (χ4n) is 3.03. The number of methoxy groups -OCH3 is 4. The SMILES string of the molecule is COc1cc(/C=C2/N=C(Cc3ccc(OC)c(OC)c3)OC2=O)c(OC)cc1C. The fraction of sp³-hybridized carbons (Fsp3) is 0.273. The van der Waals surface area contributed by atoms with Crippen molar-refractivity contribution < 1.29 is 28.5 Å². The van der Waals surface area contributed by atoms with E-state index in [2.05, 4.69) is 4.99 Å². The molecule has 152 valence electrons. The highest BCUT2D eigenvalue weighted by molar-refractivity contribution is 6.07. The third-order valence-corrected chi connectivity index (χ3v) is 4.51. The second kappa shape index (κ2) is 8.68. The van der Waals surface area contributed by atoms with Crippen molar-refractivity contribution in [2.45, 2.75) is 13.3 Å². The van der Waals surface area contributed by atoms with E-state index in [0.717, 1.165) is 11.1 Å². The van der Waals surface area contributed by atoms with Crippen LogP contribution in [0.25, 0.3) is 6.08 Å². The Morgan fingerprint density at radius 2 is 1.59 bits per heavy atom. The first-order valence-corrected chi connectivity index (χ1v) is 8.94. The molecule has 7 heteroatoms. The first-order chi connectivity index (χ1) is 14.0. The first-order valence-electron chi connectivity index (χ1n) is 8.94. The molecule has 1 aliphatic rings. The minimum absolute atomic E-state index is 0.199. The molecule has 3 rings (SSSR count). The maximum absolute atomic E-state index is 12.3. The van der Waals surface area contributed by atoms with Crippen molar-refractivity contribution in [3.63, 3.8) is 0 Å². The molecule has 0 aliphatic carbocycles. The van der Waals surface area contributed by atoms with Gasteiger partial charge in [0.25, 0.3) is 0 Å². The molecule has 0 fully saturated rings. The summed E-state index contributed by atoms with van der Waals surface area (Å²) in [5.41, 5.74) is 2.69. The maximum Gasteiger partial charge on any atom is 0.363 e. The Morgan fingerprint density at radius 1 is 0.897 bits per heavy atom. The molecule has 1 aliphatic heterocycles. The summed E-state index contributed by atoms with van der Waals surface area (Å²) in [7, 11) is 6.31. The van der Waals surface area contributed by atoms with Crippen LogP contribution in [0.15, 0.2) is 41.0 Å². The summed E-state index contributed by atoms with van der Waals surface area (Å²) < 4.78 is 26.7. The predicted octanol–water partition coefficient (Wildman–Crippen LogP) is 3.57. The summed E-state index contributed by atoms with van der Waals surface area (Å²) in [5, 5.41) is 0. The van der Waals surface area contributed by atoms with Gasteiger partial charge in [-0.2, -0.15) is 0 Å². The Balaban J connectivity index is 1.89. The lowest BCUT2D eigenvalue weighted by Crippen LogP contribution is -2.07. The normalized spacial score (nSPS) is 14.4. The molecule has 2 aromatic carbocycles. The van der Waals surface area contributed by atoms with E-state index in [9.17, 15) is 4.79 Å². The van der Waals surface area contributed by atoms with E-state index in [-0.39, 0.29) is 5.70 Å². The highest BCUT2D eigenvalue weighted by Gasteiger charge is 2.24. The van der Waals surface area contributed by atoms with Gasteiger partial charge in [0.15, 0.2) is 17.2 Å². The maximum atomic E-state index is 12.3. The van der Waals surface area contributed by atoms with Gasteiger partial charge in [-0.05, 0) is 48.4 Å². The van der Waals surface area contributed by atoms with Gasteiger partial charge in [-0.1, -0.05) is 6.07 Å². The first kappa shape index (κ1) is 20.3. The number of nitrogens with zero attached hydrogens (tertiary/aromatic N) is 1. The smallest absolute Gasteiger partial charge is 0.363 e. The number of hydrogen-bond acceptors (Lipinski definition) is 7. The molecule has 0 atom stereocenters. The molecule has 29 heavy (non-hydrogen) atoms. The molecule has 7 nitrogen and oxygen atoms in total. The van der Waals surface area contributed by atoms with E-state index < -0.39 is 5.97 Å². The Kier molecular flexibility index (Phi) is 6.07. The largest absolute Gasteiger partial charge is 0.496 e. The van der Waals surface area contributed by atoms with Crippen molar-refractivity contribution in [3.05, 3.63) is 52.7 Å². The van der Waals surface area contributed by atoms with Gasteiger partial charge >= 0.3 is 5.97 Å². The van der Waals surface area contributed by atoms with E-state index in [0.29, 0.717) is 40.9 Å². The summed E-state index contributed by atoms with van der Waals surface area (Å²) in [6.45, 7) is 1.92. The van der Waals surface area contributed by atoms with Crippen LogP contribution in [0.3, 0.4) is 0 Å². The number of carbonyl (C=O) groups excluding carboxylic acids is 1. The number of hydrogen-bond donors (Lipinski definition) is 0. The highest BCUT2D eigenvalue weighted by Crippen LogP contribution is 2.31. The zero-order valence-corrected chi connectivity index (χ0v) is 17.1. The standard InChI is InChI=1S/C22H23NO6/c1-13-8-19(27-4)15(12-18(13)26-3)11-16-22(24)29-21(23-16)10-14-6-7-17(25-2)20(9-14)28-5/h6-9,11-12H,10H2,1-5H3/b16-11+. The fourth-order valence-corrected chi connectivity index (χ4v) is 3.03. The molecule has 0 amide bonds. The van der Waals surface area contributed by atoms with Crippen molar-refractivity contribution in [2.75, 3.05) is 28.4 Å². The number of ether oxygens (including phenoxy) is 5. The van der Waals surface area contributed by atoms with Gasteiger partial charge in [-0.15, -0.1) is 0 Å². The molecule has 0 saturated carbocycles. The van der Waals surface area contributed by atoms with Gasteiger partial charge in [0.05, 0.1) is 28.4 Å². The van der Waals surface area contributed by atoms with E-state index in [1.165, 1.54) is 0 Å². The average molecular weight is 397 g/mol. The van der Waals surface area contributed by atoms with Crippen LogP contribution >= 0.6 is 0 Å². The van der Waals surface area contributed by atoms with Gasteiger partial charge in [0.1, 0.15) is 11.5 Å². The van der Waals surface area contributed by atoms with E-state index in [4.69, 9.17) is 23.7 Å². The van der Waals surface area contributed by atoms with Crippen molar-refractivity contribution >= 4 is 17.9 Å². The zero-order chi connectivity index (χ0) is 21.0. The molecule has 0 bridgehead atoms. The summed E-state index contributed by atoms with van der Waals surface area (Å²) in [5.74, 6) is 2.34. The molecule has 1 heterocycles. The van der Waals surface area contributed by atoms with Crippen LogP contribution < -0.4 is 18.9 Å². The highest BCUT2D eigenvalue weighted by atomic mass is 16.6. The van der Waals surface area contributed by atoms with Crippen LogP contribution in [0.5, 0.6) is 23.0 Å². The second-order valence-electron chi connectivity index (χ2n) is 6.35. The van der Waals surface area contributed by atoms with E-state index in [1.54, 1.807) is 46.6 Å². The molecule has 0 aromatic heterocycles. The molecule has 0 saturated heterocycles. The lowest BCUT2D eigenvalue weighted by Gasteiger charge is -2.10. The number of aryl methyl sites for hydroxylation is 1. The van der Waals surface area contributed by atoms with Crippen LogP contribution in [0.1, 0.15) is 16.7 Å². The zero-order valence-electron chi connectivity index (χ0n) is 17.1. The van der Waals surface area contributed by atoms with Crippen LogP contribution in [-0.4, -0.2) is 40.3 Å². The lowest BCUT2D eigenvalue weighted by atomic mass is 10.1. The predicted molar refractivity (Wildman–Crippen MR) is 109 cm³/mol. The molecule has 0 radical (unpaired) electrons. The van der Waals surface area contributed by atoms with Crippen LogP contribution in [0.4, 0.5) is 0 Å². The number of esters is 1. The van der Waals surface area contributed by atoms with Gasteiger partial charge < -0.3 is 23.7 Å². The number of benzene rings is 2. The molecule has 0 N–H and O–H groups in total. The van der Waals surface area contributed by atoms with Gasteiger partial charge in [-0.25, -0.2) is 9.79 Å².